The van der Waals surface area contributed by atoms with E-state index in [1.54, 1.807) is 0 Å². The molecule has 0 fully saturated rings. The lowest BCUT2D eigenvalue weighted by Gasteiger charge is -2.03. The standard InChI is InChI=1S/C17H23N/c1-3-4-5-6-7-8-9-16-10-12-17(13-11-16)15(2)14-18/h10-13H,2-9H2,1H3. The number of allylic oxidation sites excluding steroid dienone is 1. The quantitative estimate of drug-likeness (QED) is 0.457. The second kappa shape index (κ2) is 8.53. The van der Waals surface area contributed by atoms with Gasteiger partial charge in [0.1, 0.15) is 0 Å². The van der Waals surface area contributed by atoms with E-state index in [1.807, 2.05) is 12.1 Å². The van der Waals surface area contributed by atoms with Crippen molar-refractivity contribution in [3.63, 3.8) is 0 Å². The summed E-state index contributed by atoms with van der Waals surface area (Å²) in [7, 11) is 0. The van der Waals surface area contributed by atoms with Gasteiger partial charge in [0.25, 0.3) is 0 Å². The van der Waals surface area contributed by atoms with Gasteiger partial charge in [-0.1, -0.05) is 69.9 Å². The predicted octanol–water partition coefficient (Wildman–Crippen LogP) is 5.13. The van der Waals surface area contributed by atoms with Crippen molar-refractivity contribution in [1.82, 2.24) is 0 Å². The first kappa shape index (κ1) is 14.5. The predicted molar refractivity (Wildman–Crippen MR) is 78.2 cm³/mol. The van der Waals surface area contributed by atoms with Crippen molar-refractivity contribution < 1.29 is 0 Å². The molecule has 1 heteroatoms. The average Bonchev–Trinajstić information content (AvgIpc) is 2.42. The second-order valence-electron chi connectivity index (χ2n) is 4.81. The topological polar surface area (TPSA) is 23.8 Å². The van der Waals surface area contributed by atoms with Gasteiger partial charge in [-0.25, -0.2) is 0 Å². The van der Waals surface area contributed by atoms with Gasteiger partial charge in [0.15, 0.2) is 0 Å². The molecule has 96 valence electrons. The molecule has 0 spiro atoms. The van der Waals surface area contributed by atoms with Gasteiger partial charge in [0.05, 0.1) is 11.6 Å². The van der Waals surface area contributed by atoms with E-state index in [2.05, 4.69) is 31.7 Å². The number of rotatable bonds is 8. The fraction of sp³-hybridized carbons (Fsp3) is 0.471. The minimum absolute atomic E-state index is 0.543. The van der Waals surface area contributed by atoms with Crippen LogP contribution in [0.3, 0.4) is 0 Å². The van der Waals surface area contributed by atoms with Gasteiger partial charge >= 0.3 is 0 Å². The van der Waals surface area contributed by atoms with Gasteiger partial charge in [-0.15, -0.1) is 0 Å². The number of hydrogen-bond donors (Lipinski definition) is 0. The van der Waals surface area contributed by atoms with Gasteiger partial charge in [-0.3, -0.25) is 0 Å². The van der Waals surface area contributed by atoms with Crippen molar-refractivity contribution in [2.75, 3.05) is 0 Å². The maximum absolute atomic E-state index is 8.75. The summed E-state index contributed by atoms with van der Waals surface area (Å²) in [6, 6.07) is 10.3. The van der Waals surface area contributed by atoms with E-state index in [0.717, 1.165) is 12.0 Å². The van der Waals surface area contributed by atoms with E-state index >= 15 is 0 Å². The zero-order valence-electron chi connectivity index (χ0n) is 11.4. The van der Waals surface area contributed by atoms with Crippen LogP contribution >= 0.6 is 0 Å². The minimum atomic E-state index is 0.543. The molecule has 0 saturated heterocycles. The van der Waals surface area contributed by atoms with Gasteiger partial charge in [0.2, 0.25) is 0 Å². The highest BCUT2D eigenvalue weighted by Gasteiger charge is 1.98. The fourth-order valence-electron chi connectivity index (χ4n) is 2.05. The molecule has 0 bridgehead atoms. The molecule has 0 radical (unpaired) electrons. The summed E-state index contributed by atoms with van der Waals surface area (Å²) >= 11 is 0. The summed E-state index contributed by atoms with van der Waals surface area (Å²) in [6.45, 7) is 5.96. The van der Waals surface area contributed by atoms with E-state index in [-0.39, 0.29) is 0 Å². The summed E-state index contributed by atoms with van der Waals surface area (Å²) in [5.74, 6) is 0. The first-order chi connectivity index (χ1) is 8.77. The van der Waals surface area contributed by atoms with Gasteiger partial charge in [-0.2, -0.15) is 5.26 Å². The zero-order chi connectivity index (χ0) is 13.2. The first-order valence-electron chi connectivity index (χ1n) is 6.96. The summed E-state index contributed by atoms with van der Waals surface area (Å²) in [5, 5.41) is 8.75. The van der Waals surface area contributed by atoms with Gasteiger partial charge in [0, 0.05) is 0 Å². The van der Waals surface area contributed by atoms with Crippen LogP contribution in [0.1, 0.15) is 56.6 Å². The maximum atomic E-state index is 8.75. The number of aryl methyl sites for hydroxylation is 1. The Hall–Kier alpha value is -1.55. The third-order valence-corrected chi connectivity index (χ3v) is 3.26. The van der Waals surface area contributed by atoms with Crippen LogP contribution < -0.4 is 0 Å². The molecule has 1 rings (SSSR count). The SMILES string of the molecule is C=C(C#N)c1ccc(CCCCCCCC)cc1. The summed E-state index contributed by atoms with van der Waals surface area (Å²) in [5.41, 5.74) is 2.84. The zero-order valence-corrected chi connectivity index (χ0v) is 11.4. The number of hydrogen-bond acceptors (Lipinski definition) is 1. The maximum Gasteiger partial charge on any atom is 0.0991 e. The van der Waals surface area contributed by atoms with Crippen molar-refractivity contribution in [3.05, 3.63) is 42.0 Å². The van der Waals surface area contributed by atoms with Crippen LogP contribution in [0.15, 0.2) is 30.8 Å². The van der Waals surface area contributed by atoms with Crippen LogP contribution in [0, 0.1) is 11.3 Å². The van der Waals surface area contributed by atoms with E-state index in [1.165, 1.54) is 44.1 Å². The largest absolute Gasteiger partial charge is 0.192 e. The lowest BCUT2D eigenvalue weighted by Crippen LogP contribution is -1.87. The number of nitrogens with zero attached hydrogens (tertiary/aromatic N) is 1. The molecule has 0 aliphatic rings. The third-order valence-electron chi connectivity index (χ3n) is 3.26. The van der Waals surface area contributed by atoms with Crippen molar-refractivity contribution >= 4 is 5.57 Å². The van der Waals surface area contributed by atoms with Crippen LogP contribution in [-0.2, 0) is 6.42 Å². The van der Waals surface area contributed by atoms with E-state index < -0.39 is 0 Å². The van der Waals surface area contributed by atoms with Crippen molar-refractivity contribution in [1.29, 1.82) is 5.26 Å². The monoisotopic (exact) mass is 241 g/mol. The molecule has 0 heterocycles. The Morgan fingerprint density at radius 3 is 2.28 bits per heavy atom. The normalized spacial score (nSPS) is 10.0. The number of unbranched alkanes of at least 4 members (excludes halogenated alkanes) is 5. The summed E-state index contributed by atoms with van der Waals surface area (Å²) < 4.78 is 0. The van der Waals surface area contributed by atoms with E-state index in [9.17, 15) is 0 Å². The van der Waals surface area contributed by atoms with E-state index in [4.69, 9.17) is 5.26 Å². The molecule has 0 saturated carbocycles. The van der Waals surface area contributed by atoms with E-state index in [0.29, 0.717) is 5.57 Å². The highest BCUT2D eigenvalue weighted by molar-refractivity contribution is 5.74. The molecule has 0 N–H and O–H groups in total. The molecular formula is C17H23N. The highest BCUT2D eigenvalue weighted by atomic mass is 14.2. The fourth-order valence-corrected chi connectivity index (χ4v) is 2.05. The molecule has 0 aliphatic carbocycles. The Labute approximate surface area is 111 Å². The van der Waals surface area contributed by atoms with Crippen LogP contribution in [0.5, 0.6) is 0 Å². The molecule has 1 nitrogen and oxygen atoms in total. The molecule has 18 heavy (non-hydrogen) atoms. The summed E-state index contributed by atoms with van der Waals surface area (Å²) in [6.07, 6.45) is 9.14. The summed E-state index contributed by atoms with van der Waals surface area (Å²) in [4.78, 5) is 0. The average molecular weight is 241 g/mol. The van der Waals surface area contributed by atoms with Crippen LogP contribution in [0.2, 0.25) is 0 Å². The molecule has 0 aliphatic heterocycles. The van der Waals surface area contributed by atoms with Crippen LogP contribution in [-0.4, -0.2) is 0 Å². The number of benzene rings is 1. The molecule has 0 atom stereocenters. The Bertz CT molecular complexity index is 395. The molecule has 1 aromatic rings. The first-order valence-corrected chi connectivity index (χ1v) is 6.96. The second-order valence-corrected chi connectivity index (χ2v) is 4.81. The Balaban J connectivity index is 2.27. The lowest BCUT2D eigenvalue weighted by molar-refractivity contribution is 0.607. The minimum Gasteiger partial charge on any atom is -0.192 e. The number of nitriles is 1. The molecule has 0 unspecified atom stereocenters. The van der Waals surface area contributed by atoms with Crippen LogP contribution in [0.25, 0.3) is 5.57 Å². The molecule has 0 amide bonds. The Kier molecular flexibility index (Phi) is 6.87. The van der Waals surface area contributed by atoms with Gasteiger partial charge in [-0.05, 0) is 24.0 Å². The van der Waals surface area contributed by atoms with Crippen molar-refractivity contribution in [3.8, 4) is 6.07 Å². The molecular weight excluding hydrogens is 218 g/mol. The third kappa shape index (κ3) is 5.19. The molecule has 1 aromatic carbocycles. The highest BCUT2D eigenvalue weighted by Crippen LogP contribution is 2.14. The van der Waals surface area contributed by atoms with Crippen LogP contribution in [0.4, 0.5) is 0 Å². The smallest absolute Gasteiger partial charge is 0.0991 e. The Morgan fingerprint density at radius 2 is 1.67 bits per heavy atom. The van der Waals surface area contributed by atoms with Crippen molar-refractivity contribution in [2.24, 2.45) is 0 Å². The molecule has 0 aromatic heterocycles. The Morgan fingerprint density at radius 1 is 1.06 bits per heavy atom. The van der Waals surface area contributed by atoms with Gasteiger partial charge < -0.3 is 0 Å². The van der Waals surface area contributed by atoms with Crippen molar-refractivity contribution in [2.45, 2.75) is 51.9 Å². The lowest BCUT2D eigenvalue weighted by atomic mass is 10.0.